The summed E-state index contributed by atoms with van der Waals surface area (Å²) >= 11 is 8.60. The van der Waals surface area contributed by atoms with Crippen LogP contribution in [0.2, 0.25) is 5.15 Å². The molecule has 0 saturated heterocycles. The van der Waals surface area contributed by atoms with Crippen LogP contribution < -0.4 is 9.47 Å². The number of methoxy groups -OCH3 is 2. The summed E-state index contributed by atoms with van der Waals surface area (Å²) in [6, 6.07) is 0.237. The van der Waals surface area contributed by atoms with E-state index < -0.39 is 0 Å². The predicted molar refractivity (Wildman–Crippen MR) is 81.2 cm³/mol. The van der Waals surface area contributed by atoms with Gasteiger partial charge in [0.15, 0.2) is 0 Å². The highest BCUT2D eigenvalue weighted by Crippen LogP contribution is 2.27. The largest absolute Gasteiger partial charge is 0.481 e. The fourth-order valence-electron chi connectivity index (χ4n) is 1.59. The van der Waals surface area contributed by atoms with Crippen LogP contribution in [0.15, 0.2) is 0 Å². The lowest BCUT2D eigenvalue weighted by atomic mass is 10.1. The van der Waals surface area contributed by atoms with Gasteiger partial charge in [0.05, 0.1) is 19.8 Å². The maximum atomic E-state index is 6.13. The number of hydrogen-bond acceptors (Lipinski definition) is 4. The Labute approximate surface area is 127 Å². The Bertz CT molecular complexity index is 391. The molecule has 1 unspecified atom stereocenters. The average molecular weight is 385 g/mol. The van der Waals surface area contributed by atoms with E-state index in [4.69, 9.17) is 21.1 Å². The third kappa shape index (κ3) is 4.42. The normalized spacial score (nSPS) is 12.3. The molecule has 1 atom stereocenters. The minimum absolute atomic E-state index is 0.237. The van der Waals surface area contributed by atoms with Crippen LogP contribution >= 0.6 is 34.2 Å². The van der Waals surface area contributed by atoms with E-state index in [0.717, 1.165) is 24.8 Å². The van der Waals surface area contributed by atoms with E-state index in [1.807, 2.05) is 0 Å². The lowest BCUT2D eigenvalue weighted by Gasteiger charge is -2.11. The van der Waals surface area contributed by atoms with Gasteiger partial charge in [-0.2, -0.15) is 9.97 Å². The summed E-state index contributed by atoms with van der Waals surface area (Å²) in [5.74, 6) is 0.508. The molecule has 0 saturated carbocycles. The highest BCUT2D eigenvalue weighted by molar-refractivity contribution is 14.1. The Morgan fingerprint density at radius 2 is 2.00 bits per heavy atom. The number of aromatic nitrogens is 2. The van der Waals surface area contributed by atoms with E-state index in [1.54, 1.807) is 7.11 Å². The molecule has 0 aliphatic rings. The van der Waals surface area contributed by atoms with Gasteiger partial charge in [-0.1, -0.05) is 41.1 Å². The quantitative estimate of drug-likeness (QED) is 0.409. The van der Waals surface area contributed by atoms with Gasteiger partial charge in [0, 0.05) is 3.92 Å². The SMILES string of the molecule is CCC(I)CCCc1c(Cl)nc(OC)nc1OC. The van der Waals surface area contributed by atoms with E-state index in [2.05, 4.69) is 39.5 Å². The molecule has 0 radical (unpaired) electrons. The fraction of sp³-hybridized carbons (Fsp3) is 0.667. The molecule has 0 aromatic carbocycles. The highest BCUT2D eigenvalue weighted by atomic mass is 127. The number of halogens is 2. The first-order chi connectivity index (χ1) is 8.62. The summed E-state index contributed by atoms with van der Waals surface area (Å²) in [5.41, 5.74) is 0.861. The Hall–Kier alpha value is -0.300. The smallest absolute Gasteiger partial charge is 0.320 e. The van der Waals surface area contributed by atoms with Crippen molar-refractivity contribution in [1.29, 1.82) is 0 Å². The monoisotopic (exact) mass is 384 g/mol. The standard InChI is InChI=1S/C12H18ClIN2O2/c1-4-8(14)6-5-7-9-10(13)15-12(18-3)16-11(9)17-2/h8H,4-7H2,1-3H3. The van der Waals surface area contributed by atoms with Crippen LogP contribution in [0, 0.1) is 0 Å². The van der Waals surface area contributed by atoms with E-state index in [-0.39, 0.29) is 6.01 Å². The van der Waals surface area contributed by atoms with Crippen molar-refractivity contribution in [3.05, 3.63) is 10.7 Å². The maximum absolute atomic E-state index is 6.13. The lowest BCUT2D eigenvalue weighted by molar-refractivity contribution is 0.348. The van der Waals surface area contributed by atoms with Crippen LogP contribution in [0.5, 0.6) is 11.9 Å². The molecule has 0 aliphatic carbocycles. The van der Waals surface area contributed by atoms with Gasteiger partial charge in [0.1, 0.15) is 5.15 Å². The summed E-state index contributed by atoms with van der Waals surface area (Å²) in [5, 5.41) is 0.417. The Morgan fingerprint density at radius 3 is 2.56 bits per heavy atom. The van der Waals surface area contributed by atoms with Crippen molar-refractivity contribution in [3.8, 4) is 11.9 Å². The predicted octanol–water partition coefficient (Wildman–Crippen LogP) is 3.68. The molecule has 0 spiro atoms. The first-order valence-electron chi connectivity index (χ1n) is 5.90. The summed E-state index contributed by atoms with van der Waals surface area (Å²) in [7, 11) is 3.08. The Kier molecular flexibility index (Phi) is 6.99. The molecule has 1 rings (SSSR count). The molecule has 0 aliphatic heterocycles. The van der Waals surface area contributed by atoms with Crippen molar-refractivity contribution in [2.45, 2.75) is 36.5 Å². The second-order valence-electron chi connectivity index (χ2n) is 3.89. The molecule has 4 nitrogen and oxygen atoms in total. The van der Waals surface area contributed by atoms with Crippen LogP contribution in [-0.2, 0) is 6.42 Å². The summed E-state index contributed by atoms with van der Waals surface area (Å²) in [6.07, 6.45) is 4.21. The molecule has 18 heavy (non-hydrogen) atoms. The van der Waals surface area contributed by atoms with Crippen LogP contribution in [0.25, 0.3) is 0 Å². The number of nitrogens with zero attached hydrogens (tertiary/aromatic N) is 2. The van der Waals surface area contributed by atoms with Crippen molar-refractivity contribution in [2.24, 2.45) is 0 Å². The van der Waals surface area contributed by atoms with Crippen LogP contribution in [-0.4, -0.2) is 28.1 Å². The Balaban J connectivity index is 2.75. The Morgan fingerprint density at radius 1 is 1.28 bits per heavy atom. The molecule has 0 bridgehead atoms. The van der Waals surface area contributed by atoms with Crippen molar-refractivity contribution in [3.63, 3.8) is 0 Å². The molecule has 0 amide bonds. The number of hydrogen-bond donors (Lipinski definition) is 0. The molecular weight excluding hydrogens is 367 g/mol. The first kappa shape index (κ1) is 15.8. The van der Waals surface area contributed by atoms with Gasteiger partial charge in [-0.05, 0) is 25.7 Å². The minimum Gasteiger partial charge on any atom is -0.481 e. The number of alkyl halides is 1. The summed E-state index contributed by atoms with van der Waals surface area (Å²) in [6.45, 7) is 2.20. The molecule has 6 heteroatoms. The zero-order chi connectivity index (χ0) is 13.5. The molecule has 102 valence electrons. The van der Waals surface area contributed by atoms with Gasteiger partial charge < -0.3 is 9.47 Å². The first-order valence-corrected chi connectivity index (χ1v) is 7.53. The van der Waals surface area contributed by atoms with Gasteiger partial charge >= 0.3 is 6.01 Å². The van der Waals surface area contributed by atoms with Crippen LogP contribution in [0.1, 0.15) is 31.7 Å². The second-order valence-corrected chi connectivity index (χ2v) is 6.01. The zero-order valence-corrected chi connectivity index (χ0v) is 13.8. The van der Waals surface area contributed by atoms with E-state index in [9.17, 15) is 0 Å². The van der Waals surface area contributed by atoms with Gasteiger partial charge in [0.25, 0.3) is 0 Å². The fourth-order valence-corrected chi connectivity index (χ4v) is 2.28. The second kappa shape index (κ2) is 7.99. The molecule has 1 aromatic heterocycles. The van der Waals surface area contributed by atoms with Crippen molar-refractivity contribution >= 4 is 34.2 Å². The maximum Gasteiger partial charge on any atom is 0.320 e. The van der Waals surface area contributed by atoms with E-state index >= 15 is 0 Å². The van der Waals surface area contributed by atoms with Crippen molar-refractivity contribution < 1.29 is 9.47 Å². The van der Waals surface area contributed by atoms with Gasteiger partial charge in [-0.3, -0.25) is 0 Å². The molecule has 0 fully saturated rings. The third-order valence-corrected chi connectivity index (χ3v) is 4.48. The van der Waals surface area contributed by atoms with E-state index in [0.29, 0.717) is 15.0 Å². The molecule has 0 N–H and O–H groups in total. The van der Waals surface area contributed by atoms with Gasteiger partial charge in [-0.25, -0.2) is 0 Å². The highest BCUT2D eigenvalue weighted by Gasteiger charge is 2.14. The summed E-state index contributed by atoms with van der Waals surface area (Å²) in [4.78, 5) is 8.21. The number of ether oxygens (including phenoxy) is 2. The topological polar surface area (TPSA) is 44.2 Å². The van der Waals surface area contributed by atoms with Crippen molar-refractivity contribution in [1.82, 2.24) is 9.97 Å². The third-order valence-electron chi connectivity index (χ3n) is 2.66. The summed E-state index contributed by atoms with van der Waals surface area (Å²) < 4.78 is 10.9. The minimum atomic E-state index is 0.237. The van der Waals surface area contributed by atoms with Crippen LogP contribution in [0.3, 0.4) is 0 Å². The van der Waals surface area contributed by atoms with Crippen LogP contribution in [0.4, 0.5) is 0 Å². The average Bonchev–Trinajstić information content (AvgIpc) is 2.39. The van der Waals surface area contributed by atoms with Gasteiger partial charge in [-0.15, -0.1) is 0 Å². The van der Waals surface area contributed by atoms with Crippen molar-refractivity contribution in [2.75, 3.05) is 14.2 Å². The lowest BCUT2D eigenvalue weighted by Crippen LogP contribution is -2.03. The molecule has 1 aromatic rings. The zero-order valence-electron chi connectivity index (χ0n) is 10.9. The van der Waals surface area contributed by atoms with E-state index in [1.165, 1.54) is 13.5 Å². The number of rotatable bonds is 7. The molecule has 1 heterocycles. The molecular formula is C12H18ClIN2O2. The van der Waals surface area contributed by atoms with Gasteiger partial charge in [0.2, 0.25) is 5.88 Å².